The zero-order chi connectivity index (χ0) is 19.0. The molecule has 1 amide bonds. The Hall–Kier alpha value is -3.34. The highest BCUT2D eigenvalue weighted by atomic mass is 16.3. The number of amides is 1. The van der Waals surface area contributed by atoms with Crippen LogP contribution in [0.4, 0.5) is 5.69 Å². The fourth-order valence-electron chi connectivity index (χ4n) is 3.21. The first kappa shape index (κ1) is 17.5. The lowest BCUT2D eigenvalue weighted by Crippen LogP contribution is -2.14. The van der Waals surface area contributed by atoms with E-state index in [0.29, 0.717) is 16.8 Å². The summed E-state index contributed by atoms with van der Waals surface area (Å²) in [5, 5.41) is 10.1. The lowest BCUT2D eigenvalue weighted by molar-refractivity contribution is 0.100. The highest BCUT2D eigenvalue weighted by Gasteiger charge is 2.18. The van der Waals surface area contributed by atoms with E-state index in [1.807, 2.05) is 45.0 Å². The van der Waals surface area contributed by atoms with Crippen LogP contribution in [0.3, 0.4) is 0 Å². The summed E-state index contributed by atoms with van der Waals surface area (Å²) >= 11 is 0. The Morgan fingerprint density at radius 1 is 1.04 bits per heavy atom. The Bertz CT molecular complexity index is 1030. The summed E-state index contributed by atoms with van der Waals surface area (Å²) in [5.41, 5.74) is 18.1. The smallest absolute Gasteiger partial charge is 0.250 e. The number of aromatic hydroxyl groups is 1. The minimum Gasteiger partial charge on any atom is -0.508 e. The molecule has 3 aromatic rings. The van der Waals surface area contributed by atoms with Crippen molar-refractivity contribution in [3.8, 4) is 28.0 Å². The third-order valence-corrected chi connectivity index (χ3v) is 4.59. The van der Waals surface area contributed by atoms with Crippen molar-refractivity contribution in [1.29, 1.82) is 0 Å². The second-order valence-electron chi connectivity index (χ2n) is 6.44. The first-order chi connectivity index (χ1) is 12.3. The number of nitrogens with two attached hydrogens (primary N) is 2. The van der Waals surface area contributed by atoms with Crippen molar-refractivity contribution in [2.45, 2.75) is 20.8 Å². The van der Waals surface area contributed by atoms with Crippen LogP contribution in [0.2, 0.25) is 0 Å². The maximum absolute atomic E-state index is 12.0. The maximum atomic E-state index is 12.0. The minimum atomic E-state index is -0.591. The van der Waals surface area contributed by atoms with Gasteiger partial charge in [-0.1, -0.05) is 6.07 Å². The number of nitrogens with zero attached hydrogens (tertiary/aromatic N) is 1. The molecule has 1 aromatic heterocycles. The third-order valence-electron chi connectivity index (χ3n) is 4.59. The summed E-state index contributed by atoms with van der Waals surface area (Å²) in [6.07, 6.45) is 1.72. The average Bonchev–Trinajstić information content (AvgIpc) is 2.59. The van der Waals surface area contributed by atoms with Crippen molar-refractivity contribution >= 4 is 11.6 Å². The number of carbonyl (C=O) groups excluding carboxylic acids is 1. The van der Waals surface area contributed by atoms with E-state index < -0.39 is 5.91 Å². The summed E-state index contributed by atoms with van der Waals surface area (Å²) in [5.74, 6) is -0.414. The van der Waals surface area contributed by atoms with Gasteiger partial charge >= 0.3 is 0 Å². The lowest BCUT2D eigenvalue weighted by atomic mass is 9.89. The zero-order valence-corrected chi connectivity index (χ0v) is 15.0. The Kier molecular flexibility index (Phi) is 4.38. The molecular weight excluding hydrogens is 326 g/mol. The highest BCUT2D eigenvalue weighted by molar-refractivity contribution is 6.04. The van der Waals surface area contributed by atoms with E-state index in [-0.39, 0.29) is 11.3 Å². The topological polar surface area (TPSA) is 102 Å². The van der Waals surface area contributed by atoms with Crippen molar-refractivity contribution < 1.29 is 9.90 Å². The number of benzene rings is 2. The van der Waals surface area contributed by atoms with Gasteiger partial charge in [-0.05, 0) is 78.9 Å². The molecule has 0 saturated carbocycles. The third kappa shape index (κ3) is 2.99. The van der Waals surface area contributed by atoms with Gasteiger partial charge in [0.15, 0.2) is 0 Å². The number of hydrogen-bond donors (Lipinski definition) is 3. The molecule has 0 aliphatic rings. The Labute approximate surface area is 152 Å². The molecule has 0 spiro atoms. The largest absolute Gasteiger partial charge is 0.508 e. The molecule has 3 rings (SSSR count). The Morgan fingerprint density at radius 3 is 2.42 bits per heavy atom. The predicted octanol–water partition coefficient (Wildman–Crippen LogP) is 3.73. The first-order valence-electron chi connectivity index (χ1n) is 8.25. The van der Waals surface area contributed by atoms with E-state index >= 15 is 0 Å². The molecule has 5 nitrogen and oxygen atoms in total. The number of phenolic OH excluding ortho intramolecular Hbond substituents is 1. The van der Waals surface area contributed by atoms with Gasteiger partial charge in [-0.25, -0.2) is 0 Å². The lowest BCUT2D eigenvalue weighted by Gasteiger charge is -2.17. The van der Waals surface area contributed by atoms with E-state index in [2.05, 4.69) is 4.98 Å². The monoisotopic (exact) mass is 347 g/mol. The molecule has 0 aliphatic heterocycles. The van der Waals surface area contributed by atoms with Crippen LogP contribution in [-0.2, 0) is 0 Å². The van der Waals surface area contributed by atoms with Gasteiger partial charge in [0.2, 0.25) is 0 Å². The fraction of sp³-hybridized carbons (Fsp3) is 0.143. The van der Waals surface area contributed by atoms with Crippen LogP contribution in [0, 0.1) is 20.8 Å². The zero-order valence-electron chi connectivity index (χ0n) is 15.0. The van der Waals surface area contributed by atoms with E-state index in [1.54, 1.807) is 18.3 Å². The molecule has 132 valence electrons. The van der Waals surface area contributed by atoms with Gasteiger partial charge in [-0.3, -0.25) is 9.78 Å². The van der Waals surface area contributed by atoms with Crippen LogP contribution in [0.5, 0.6) is 5.75 Å². The molecule has 0 unspecified atom stereocenters. The number of aryl methyl sites for hydroxylation is 2. The van der Waals surface area contributed by atoms with Gasteiger partial charge in [-0.15, -0.1) is 0 Å². The molecule has 5 heteroatoms. The second-order valence-corrected chi connectivity index (χ2v) is 6.44. The van der Waals surface area contributed by atoms with Crippen molar-refractivity contribution in [2.24, 2.45) is 5.73 Å². The molecule has 0 atom stereocenters. The molecule has 0 bridgehead atoms. The predicted molar refractivity (Wildman–Crippen MR) is 104 cm³/mol. The quantitative estimate of drug-likeness (QED) is 0.628. The van der Waals surface area contributed by atoms with Crippen LogP contribution in [-0.4, -0.2) is 16.0 Å². The van der Waals surface area contributed by atoms with Gasteiger partial charge in [0.25, 0.3) is 5.91 Å². The number of carbonyl (C=O) groups is 1. The number of aromatic nitrogens is 1. The van der Waals surface area contributed by atoms with Crippen LogP contribution >= 0.6 is 0 Å². The molecular formula is C21H21N3O2. The molecule has 26 heavy (non-hydrogen) atoms. The molecule has 1 heterocycles. The van der Waals surface area contributed by atoms with E-state index in [1.165, 1.54) is 0 Å². The van der Waals surface area contributed by atoms with Gasteiger partial charge < -0.3 is 16.6 Å². The number of primary amides is 1. The van der Waals surface area contributed by atoms with Crippen LogP contribution < -0.4 is 11.5 Å². The van der Waals surface area contributed by atoms with Crippen LogP contribution in [0.25, 0.3) is 22.3 Å². The molecule has 0 fully saturated rings. The maximum Gasteiger partial charge on any atom is 0.250 e. The fourth-order valence-corrected chi connectivity index (χ4v) is 3.21. The van der Waals surface area contributed by atoms with Gasteiger partial charge in [0.1, 0.15) is 5.75 Å². The van der Waals surface area contributed by atoms with Gasteiger partial charge in [0, 0.05) is 17.5 Å². The van der Waals surface area contributed by atoms with Crippen molar-refractivity contribution in [2.75, 3.05) is 5.73 Å². The number of anilines is 1. The summed E-state index contributed by atoms with van der Waals surface area (Å²) in [4.78, 5) is 16.2. The van der Waals surface area contributed by atoms with Crippen molar-refractivity contribution in [1.82, 2.24) is 4.98 Å². The van der Waals surface area contributed by atoms with E-state index in [9.17, 15) is 9.90 Å². The SMILES string of the molecule is Cc1cc(-c2cc(C(N)=O)c(N)c(-c3c(C)ccc(O)c3C)c2)ccn1. The summed E-state index contributed by atoms with van der Waals surface area (Å²) < 4.78 is 0. The Morgan fingerprint density at radius 2 is 1.77 bits per heavy atom. The van der Waals surface area contributed by atoms with Gasteiger partial charge in [-0.2, -0.15) is 0 Å². The number of phenols is 1. The summed E-state index contributed by atoms with van der Waals surface area (Å²) in [7, 11) is 0. The number of hydrogen-bond acceptors (Lipinski definition) is 4. The highest BCUT2D eigenvalue weighted by Crippen LogP contribution is 2.39. The van der Waals surface area contributed by atoms with Crippen LogP contribution in [0.1, 0.15) is 27.2 Å². The van der Waals surface area contributed by atoms with Crippen molar-refractivity contribution in [3.05, 3.63) is 65.0 Å². The normalized spacial score (nSPS) is 10.7. The standard InChI is InChI=1S/C21H21N3O2/c1-11-4-5-18(25)13(3)19(11)16-9-15(10-17(20(16)22)21(23)26)14-6-7-24-12(2)8-14/h4-10,25H,22H2,1-3H3,(H2,23,26). The number of nitrogen functional groups attached to an aromatic ring is 1. The molecule has 5 N–H and O–H groups in total. The summed E-state index contributed by atoms with van der Waals surface area (Å²) in [6, 6.07) is 10.9. The molecule has 0 saturated heterocycles. The Balaban J connectivity index is 2.36. The minimum absolute atomic E-state index is 0.177. The van der Waals surface area contributed by atoms with E-state index in [4.69, 9.17) is 11.5 Å². The van der Waals surface area contributed by atoms with Crippen molar-refractivity contribution in [3.63, 3.8) is 0 Å². The number of pyridine rings is 1. The molecule has 0 aliphatic carbocycles. The summed E-state index contributed by atoms with van der Waals surface area (Å²) in [6.45, 7) is 5.67. The average molecular weight is 347 g/mol. The van der Waals surface area contributed by atoms with E-state index in [0.717, 1.165) is 27.9 Å². The molecule has 0 radical (unpaired) electrons. The first-order valence-corrected chi connectivity index (χ1v) is 8.25. The number of rotatable bonds is 3. The second kappa shape index (κ2) is 6.52. The van der Waals surface area contributed by atoms with Crippen LogP contribution in [0.15, 0.2) is 42.6 Å². The van der Waals surface area contributed by atoms with Gasteiger partial charge in [0.05, 0.1) is 11.3 Å². The molecule has 2 aromatic carbocycles.